The molecule has 1 aliphatic rings. The molecule has 0 saturated carbocycles. The molecule has 1 aliphatic heterocycles. The van der Waals surface area contributed by atoms with E-state index >= 15 is 0 Å². The lowest BCUT2D eigenvalue weighted by Crippen LogP contribution is -2.30. The predicted molar refractivity (Wildman–Crippen MR) is 88.5 cm³/mol. The Morgan fingerprint density at radius 3 is 2.30 bits per heavy atom. The molecule has 0 spiro atoms. The van der Waals surface area contributed by atoms with Gasteiger partial charge in [-0.25, -0.2) is 0 Å². The highest BCUT2D eigenvalue weighted by Gasteiger charge is 2.39. The number of nitrogens with zero attached hydrogens (tertiary/aromatic N) is 1. The van der Waals surface area contributed by atoms with Crippen molar-refractivity contribution in [2.24, 2.45) is 5.92 Å². The highest BCUT2D eigenvalue weighted by Crippen LogP contribution is 2.29. The van der Waals surface area contributed by atoms with Gasteiger partial charge in [-0.05, 0) is 43.2 Å². The van der Waals surface area contributed by atoms with Crippen LogP contribution in [0.1, 0.15) is 17.5 Å². The topological polar surface area (TPSA) is 46.6 Å². The van der Waals surface area contributed by atoms with Crippen molar-refractivity contribution in [2.75, 3.05) is 12.0 Å². The summed E-state index contributed by atoms with van der Waals surface area (Å²) in [6.45, 7) is 1.98. The minimum Gasteiger partial charge on any atom is -0.497 e. The summed E-state index contributed by atoms with van der Waals surface area (Å²) < 4.78 is 5.13. The Kier molecular flexibility index (Phi) is 4.15. The third-order valence-electron chi connectivity index (χ3n) is 4.17. The maximum Gasteiger partial charge on any atom is 0.237 e. The van der Waals surface area contributed by atoms with Gasteiger partial charge in [0.1, 0.15) is 5.75 Å². The Balaban J connectivity index is 1.76. The van der Waals surface area contributed by atoms with Crippen LogP contribution >= 0.6 is 0 Å². The molecule has 0 unspecified atom stereocenters. The number of carbonyl (C=O) groups is 2. The molecule has 2 amide bonds. The van der Waals surface area contributed by atoms with E-state index in [0.29, 0.717) is 12.1 Å². The number of benzene rings is 2. The molecular weight excluding hydrogens is 290 g/mol. The summed E-state index contributed by atoms with van der Waals surface area (Å²) in [5.74, 6) is 0.244. The molecule has 3 rings (SSSR count). The quantitative estimate of drug-likeness (QED) is 0.815. The highest BCUT2D eigenvalue weighted by atomic mass is 16.5. The van der Waals surface area contributed by atoms with Gasteiger partial charge in [0, 0.05) is 6.42 Å². The average molecular weight is 309 g/mol. The standard InChI is InChI=1S/C19H19NO3/c1-13-3-7-16(8-4-13)20-18(21)12-15(19(20)22)11-14-5-9-17(23-2)10-6-14/h3-10,15H,11-12H2,1-2H3/t15-/m0/s1. The van der Waals surface area contributed by atoms with Crippen molar-refractivity contribution in [3.63, 3.8) is 0 Å². The molecule has 2 aromatic rings. The van der Waals surface area contributed by atoms with Gasteiger partial charge in [0.15, 0.2) is 0 Å². The average Bonchev–Trinajstić information content (AvgIpc) is 2.83. The maximum atomic E-state index is 12.6. The van der Waals surface area contributed by atoms with E-state index < -0.39 is 0 Å². The van der Waals surface area contributed by atoms with E-state index in [1.54, 1.807) is 7.11 Å². The van der Waals surface area contributed by atoms with Gasteiger partial charge >= 0.3 is 0 Å². The molecule has 0 bridgehead atoms. The molecule has 0 aliphatic carbocycles. The number of amides is 2. The van der Waals surface area contributed by atoms with E-state index in [9.17, 15) is 9.59 Å². The zero-order valence-electron chi connectivity index (χ0n) is 13.3. The second kappa shape index (κ2) is 6.24. The minimum absolute atomic E-state index is 0.116. The van der Waals surface area contributed by atoms with Gasteiger partial charge in [-0.1, -0.05) is 29.8 Å². The first-order valence-electron chi connectivity index (χ1n) is 7.65. The van der Waals surface area contributed by atoms with Crippen LogP contribution in [0.2, 0.25) is 0 Å². The number of methoxy groups -OCH3 is 1. The van der Waals surface area contributed by atoms with Crippen LogP contribution in [0.25, 0.3) is 0 Å². The zero-order chi connectivity index (χ0) is 16.4. The van der Waals surface area contributed by atoms with Crippen LogP contribution < -0.4 is 9.64 Å². The summed E-state index contributed by atoms with van der Waals surface area (Å²) in [6.07, 6.45) is 0.829. The molecule has 118 valence electrons. The second-order valence-corrected chi connectivity index (χ2v) is 5.86. The summed E-state index contributed by atoms with van der Waals surface area (Å²) in [6, 6.07) is 15.1. The molecule has 0 aromatic heterocycles. The number of carbonyl (C=O) groups excluding carboxylic acids is 2. The molecule has 4 heteroatoms. The third-order valence-corrected chi connectivity index (χ3v) is 4.17. The Labute approximate surface area is 135 Å². The fourth-order valence-electron chi connectivity index (χ4n) is 2.87. The lowest BCUT2D eigenvalue weighted by molar-refractivity contribution is -0.122. The largest absolute Gasteiger partial charge is 0.497 e. The third kappa shape index (κ3) is 3.11. The van der Waals surface area contributed by atoms with E-state index in [1.165, 1.54) is 4.90 Å². The van der Waals surface area contributed by atoms with Crippen LogP contribution in [0.5, 0.6) is 5.75 Å². The van der Waals surface area contributed by atoms with Crippen molar-refractivity contribution in [1.82, 2.24) is 0 Å². The molecular formula is C19H19NO3. The molecule has 0 radical (unpaired) electrons. The van der Waals surface area contributed by atoms with Gasteiger partial charge < -0.3 is 4.74 Å². The van der Waals surface area contributed by atoms with Crippen molar-refractivity contribution in [3.8, 4) is 5.75 Å². The van der Waals surface area contributed by atoms with Crippen LogP contribution in [0.4, 0.5) is 5.69 Å². The van der Waals surface area contributed by atoms with Crippen molar-refractivity contribution < 1.29 is 14.3 Å². The fraction of sp³-hybridized carbons (Fsp3) is 0.263. The normalized spacial score (nSPS) is 17.7. The molecule has 0 N–H and O–H groups in total. The molecule has 1 atom stereocenters. The molecule has 1 saturated heterocycles. The number of hydrogen-bond donors (Lipinski definition) is 0. The van der Waals surface area contributed by atoms with Gasteiger partial charge in [-0.15, -0.1) is 0 Å². The lowest BCUT2D eigenvalue weighted by Gasteiger charge is -2.15. The Hall–Kier alpha value is -2.62. The smallest absolute Gasteiger partial charge is 0.237 e. The number of imide groups is 1. The van der Waals surface area contributed by atoms with Crippen LogP contribution in [0.3, 0.4) is 0 Å². The first-order chi connectivity index (χ1) is 11.1. The van der Waals surface area contributed by atoms with Gasteiger partial charge in [-0.2, -0.15) is 0 Å². The Bertz CT molecular complexity index is 719. The van der Waals surface area contributed by atoms with Crippen molar-refractivity contribution in [3.05, 3.63) is 59.7 Å². The van der Waals surface area contributed by atoms with E-state index in [1.807, 2.05) is 55.5 Å². The molecule has 2 aromatic carbocycles. The van der Waals surface area contributed by atoms with E-state index in [0.717, 1.165) is 16.9 Å². The van der Waals surface area contributed by atoms with Crippen LogP contribution in [-0.4, -0.2) is 18.9 Å². The van der Waals surface area contributed by atoms with Gasteiger partial charge in [-0.3, -0.25) is 14.5 Å². The first-order valence-corrected chi connectivity index (χ1v) is 7.65. The summed E-state index contributed by atoms with van der Waals surface area (Å²) in [4.78, 5) is 26.2. The molecule has 4 nitrogen and oxygen atoms in total. The second-order valence-electron chi connectivity index (χ2n) is 5.86. The van der Waals surface area contributed by atoms with Crippen LogP contribution in [0.15, 0.2) is 48.5 Å². The van der Waals surface area contributed by atoms with Crippen LogP contribution in [0, 0.1) is 12.8 Å². The van der Waals surface area contributed by atoms with Gasteiger partial charge in [0.05, 0.1) is 18.7 Å². The van der Waals surface area contributed by atoms with E-state index in [2.05, 4.69) is 0 Å². The SMILES string of the molecule is COc1ccc(C[C@H]2CC(=O)N(c3ccc(C)cc3)C2=O)cc1. The van der Waals surface area contributed by atoms with E-state index in [-0.39, 0.29) is 24.2 Å². The number of anilines is 1. The number of hydrogen-bond acceptors (Lipinski definition) is 3. The Morgan fingerprint density at radius 1 is 1.04 bits per heavy atom. The van der Waals surface area contributed by atoms with Gasteiger partial charge in [0.2, 0.25) is 11.8 Å². The summed E-state index contributed by atoms with van der Waals surface area (Å²) in [5, 5.41) is 0. The number of aryl methyl sites for hydroxylation is 1. The number of ether oxygens (including phenoxy) is 1. The summed E-state index contributed by atoms with van der Waals surface area (Å²) in [5.41, 5.74) is 2.79. The first kappa shape index (κ1) is 15.3. The van der Waals surface area contributed by atoms with Crippen molar-refractivity contribution >= 4 is 17.5 Å². The van der Waals surface area contributed by atoms with Crippen LogP contribution in [-0.2, 0) is 16.0 Å². The van der Waals surface area contributed by atoms with Crippen molar-refractivity contribution in [2.45, 2.75) is 19.8 Å². The van der Waals surface area contributed by atoms with Crippen molar-refractivity contribution in [1.29, 1.82) is 0 Å². The molecule has 1 heterocycles. The Morgan fingerprint density at radius 2 is 1.70 bits per heavy atom. The summed E-state index contributed by atoms with van der Waals surface area (Å²) >= 11 is 0. The zero-order valence-corrected chi connectivity index (χ0v) is 13.3. The fourth-order valence-corrected chi connectivity index (χ4v) is 2.87. The summed E-state index contributed by atoms with van der Waals surface area (Å²) in [7, 11) is 1.62. The minimum atomic E-state index is -0.294. The molecule has 1 fully saturated rings. The number of rotatable bonds is 4. The van der Waals surface area contributed by atoms with Gasteiger partial charge in [0.25, 0.3) is 0 Å². The lowest BCUT2D eigenvalue weighted by atomic mass is 9.98. The highest BCUT2D eigenvalue weighted by molar-refractivity contribution is 6.20. The van der Waals surface area contributed by atoms with E-state index in [4.69, 9.17) is 4.74 Å². The molecule has 23 heavy (non-hydrogen) atoms. The maximum absolute atomic E-state index is 12.6. The monoisotopic (exact) mass is 309 g/mol. The predicted octanol–water partition coefficient (Wildman–Crippen LogP) is 3.13.